The molecular formula is C12H14BrN5O2. The summed E-state index contributed by atoms with van der Waals surface area (Å²) in [6.45, 7) is 4.76. The van der Waals surface area contributed by atoms with E-state index >= 15 is 0 Å². The van der Waals surface area contributed by atoms with Gasteiger partial charge in [-0.1, -0.05) is 0 Å². The normalized spacial score (nSPS) is 10.6. The summed E-state index contributed by atoms with van der Waals surface area (Å²) in [7, 11) is 0. The highest BCUT2D eigenvalue weighted by molar-refractivity contribution is 9.10. The third-order valence-electron chi connectivity index (χ3n) is 2.80. The maximum atomic E-state index is 12.2. The summed E-state index contributed by atoms with van der Waals surface area (Å²) in [6, 6.07) is 0. The Bertz CT molecular complexity index is 691. The number of hydrogen-bond donors (Lipinski definition) is 1. The van der Waals surface area contributed by atoms with Crippen LogP contribution in [0, 0.1) is 0 Å². The van der Waals surface area contributed by atoms with Crippen LogP contribution in [0.25, 0.3) is 0 Å². The number of aryl methyl sites for hydroxylation is 2. The van der Waals surface area contributed by atoms with Crippen LogP contribution in [0.15, 0.2) is 28.0 Å². The Labute approximate surface area is 123 Å². The third-order valence-corrected chi connectivity index (χ3v) is 3.38. The van der Waals surface area contributed by atoms with Crippen molar-refractivity contribution in [2.75, 3.05) is 5.32 Å². The zero-order valence-electron chi connectivity index (χ0n) is 11.1. The van der Waals surface area contributed by atoms with E-state index in [4.69, 9.17) is 0 Å². The molecule has 7 nitrogen and oxygen atoms in total. The number of aromatic nitrogens is 4. The van der Waals surface area contributed by atoms with Crippen LogP contribution in [0.4, 0.5) is 5.69 Å². The summed E-state index contributed by atoms with van der Waals surface area (Å²) in [5.74, 6) is -0.399. The van der Waals surface area contributed by atoms with Crippen molar-refractivity contribution in [1.29, 1.82) is 0 Å². The van der Waals surface area contributed by atoms with Gasteiger partial charge in [0, 0.05) is 13.1 Å². The molecule has 0 aromatic carbocycles. The second-order valence-electron chi connectivity index (χ2n) is 4.01. The van der Waals surface area contributed by atoms with E-state index in [-0.39, 0.29) is 11.2 Å². The van der Waals surface area contributed by atoms with Gasteiger partial charge in [0.2, 0.25) is 0 Å². The van der Waals surface area contributed by atoms with E-state index in [0.717, 1.165) is 0 Å². The zero-order chi connectivity index (χ0) is 14.7. The molecule has 0 aliphatic rings. The molecule has 0 saturated carbocycles. The van der Waals surface area contributed by atoms with E-state index in [1.54, 1.807) is 10.9 Å². The summed E-state index contributed by atoms with van der Waals surface area (Å²) in [5.41, 5.74) is 0.239. The average Bonchev–Trinajstić information content (AvgIpc) is 2.82. The van der Waals surface area contributed by atoms with Gasteiger partial charge in [0.25, 0.3) is 11.5 Å². The molecule has 2 aromatic heterocycles. The molecule has 0 aliphatic carbocycles. The maximum absolute atomic E-state index is 12.2. The van der Waals surface area contributed by atoms with Crippen molar-refractivity contribution < 1.29 is 4.79 Å². The summed E-state index contributed by atoms with van der Waals surface area (Å²) < 4.78 is 3.55. The second-order valence-corrected chi connectivity index (χ2v) is 4.86. The fourth-order valence-electron chi connectivity index (χ4n) is 1.77. The molecule has 0 spiro atoms. The Hall–Kier alpha value is -1.96. The smallest absolute Gasteiger partial charge is 0.277 e. The van der Waals surface area contributed by atoms with Gasteiger partial charge in [-0.15, -0.1) is 0 Å². The summed E-state index contributed by atoms with van der Waals surface area (Å²) >= 11 is 3.28. The molecule has 2 heterocycles. The Balaban J connectivity index is 2.33. The van der Waals surface area contributed by atoms with Gasteiger partial charge in [-0.3, -0.25) is 18.8 Å². The van der Waals surface area contributed by atoms with Crippen LogP contribution in [0.1, 0.15) is 24.3 Å². The van der Waals surface area contributed by atoms with Gasteiger partial charge in [-0.2, -0.15) is 5.10 Å². The van der Waals surface area contributed by atoms with Gasteiger partial charge in [-0.05, 0) is 29.8 Å². The lowest BCUT2D eigenvalue weighted by Crippen LogP contribution is -2.27. The van der Waals surface area contributed by atoms with Crippen molar-refractivity contribution in [3.8, 4) is 0 Å². The van der Waals surface area contributed by atoms with E-state index in [0.29, 0.717) is 23.3 Å². The molecule has 2 aromatic rings. The van der Waals surface area contributed by atoms with E-state index in [2.05, 4.69) is 31.3 Å². The monoisotopic (exact) mass is 339 g/mol. The lowest BCUT2D eigenvalue weighted by Gasteiger charge is -2.08. The summed E-state index contributed by atoms with van der Waals surface area (Å²) in [4.78, 5) is 28.2. The Morgan fingerprint density at radius 1 is 1.35 bits per heavy atom. The van der Waals surface area contributed by atoms with Gasteiger partial charge >= 0.3 is 0 Å². The number of carbonyl (C=O) groups excluding carboxylic acids is 1. The highest BCUT2D eigenvalue weighted by Gasteiger charge is 2.18. The van der Waals surface area contributed by atoms with Crippen LogP contribution in [0.3, 0.4) is 0 Å². The molecule has 1 N–H and O–H groups in total. The van der Waals surface area contributed by atoms with E-state index in [1.165, 1.54) is 17.1 Å². The van der Waals surface area contributed by atoms with Crippen LogP contribution in [0.2, 0.25) is 0 Å². The number of carbonyl (C=O) groups is 1. The molecule has 0 bridgehead atoms. The van der Waals surface area contributed by atoms with Crippen LogP contribution in [-0.2, 0) is 13.1 Å². The molecule has 2 rings (SSSR count). The Morgan fingerprint density at radius 3 is 2.75 bits per heavy atom. The van der Waals surface area contributed by atoms with Crippen LogP contribution < -0.4 is 10.9 Å². The molecule has 106 valence electrons. The first kappa shape index (κ1) is 14.4. The summed E-state index contributed by atoms with van der Waals surface area (Å²) in [5, 5.41) is 6.64. The number of hydrogen-bond acceptors (Lipinski definition) is 4. The second kappa shape index (κ2) is 6.00. The molecule has 0 radical (unpaired) electrons. The van der Waals surface area contributed by atoms with Crippen molar-refractivity contribution in [3.05, 3.63) is 39.2 Å². The lowest BCUT2D eigenvalue weighted by atomic mass is 10.3. The minimum Gasteiger partial charge on any atom is -0.315 e. The molecule has 0 aliphatic heterocycles. The number of anilines is 1. The largest absolute Gasteiger partial charge is 0.315 e. The standard InChI is InChI=1S/C12H14BrN5O2/c1-3-17-7-14-6-9(12(17)20)16-11(19)10-8(13)5-15-18(10)4-2/h5-7H,3-4H2,1-2H3,(H,16,19). The van der Waals surface area contributed by atoms with Gasteiger partial charge in [-0.25, -0.2) is 4.98 Å². The molecule has 0 atom stereocenters. The number of halogens is 1. The highest BCUT2D eigenvalue weighted by Crippen LogP contribution is 2.17. The molecule has 0 saturated heterocycles. The van der Waals surface area contributed by atoms with E-state index in [1.807, 2.05) is 13.8 Å². The predicted molar refractivity (Wildman–Crippen MR) is 77.7 cm³/mol. The summed E-state index contributed by atoms with van der Waals surface area (Å²) in [6.07, 6.45) is 4.32. The van der Waals surface area contributed by atoms with Gasteiger partial charge < -0.3 is 5.32 Å². The fraction of sp³-hybridized carbons (Fsp3) is 0.333. The molecule has 0 unspecified atom stereocenters. The lowest BCUT2D eigenvalue weighted by molar-refractivity contribution is 0.101. The van der Waals surface area contributed by atoms with Gasteiger partial charge in [0.15, 0.2) is 0 Å². The van der Waals surface area contributed by atoms with Crippen molar-refractivity contribution in [3.63, 3.8) is 0 Å². The van der Waals surface area contributed by atoms with Crippen molar-refractivity contribution >= 4 is 27.5 Å². The first-order valence-corrected chi connectivity index (χ1v) is 6.94. The van der Waals surface area contributed by atoms with Crippen molar-refractivity contribution in [2.24, 2.45) is 0 Å². The van der Waals surface area contributed by atoms with Gasteiger partial charge in [0.1, 0.15) is 11.4 Å². The molecule has 8 heteroatoms. The fourth-order valence-corrected chi connectivity index (χ4v) is 2.25. The number of amides is 1. The average molecular weight is 340 g/mol. The minimum absolute atomic E-state index is 0.148. The molecule has 0 fully saturated rings. The highest BCUT2D eigenvalue weighted by atomic mass is 79.9. The van der Waals surface area contributed by atoms with E-state index in [9.17, 15) is 9.59 Å². The number of rotatable bonds is 4. The number of nitrogens with one attached hydrogen (secondary N) is 1. The van der Waals surface area contributed by atoms with Crippen molar-refractivity contribution in [1.82, 2.24) is 19.3 Å². The first-order valence-electron chi connectivity index (χ1n) is 6.15. The Morgan fingerprint density at radius 2 is 2.10 bits per heavy atom. The maximum Gasteiger partial charge on any atom is 0.277 e. The molecule has 20 heavy (non-hydrogen) atoms. The third kappa shape index (κ3) is 2.64. The zero-order valence-corrected chi connectivity index (χ0v) is 12.7. The predicted octanol–water partition coefficient (Wildman–Crippen LogP) is 1.49. The van der Waals surface area contributed by atoms with Gasteiger partial charge in [0.05, 0.1) is 23.2 Å². The molecule has 1 amide bonds. The first-order chi connectivity index (χ1) is 9.58. The number of nitrogens with zero attached hydrogens (tertiary/aromatic N) is 4. The Kier molecular flexibility index (Phi) is 4.33. The van der Waals surface area contributed by atoms with Crippen LogP contribution in [0.5, 0.6) is 0 Å². The van der Waals surface area contributed by atoms with Crippen molar-refractivity contribution in [2.45, 2.75) is 26.9 Å². The van der Waals surface area contributed by atoms with E-state index < -0.39 is 5.91 Å². The SMILES string of the molecule is CCn1ncc(Br)c1C(=O)Nc1cncn(CC)c1=O. The van der Waals surface area contributed by atoms with Crippen LogP contribution >= 0.6 is 15.9 Å². The topological polar surface area (TPSA) is 81.8 Å². The quantitative estimate of drug-likeness (QED) is 0.914. The molecular weight excluding hydrogens is 326 g/mol. The van der Waals surface area contributed by atoms with Crippen LogP contribution in [-0.4, -0.2) is 25.2 Å². The minimum atomic E-state index is -0.399.